The van der Waals surface area contributed by atoms with Gasteiger partial charge in [0.05, 0.1) is 14.2 Å². The number of benzene rings is 1. The Bertz CT molecular complexity index is 353. The average molecular weight is 209 g/mol. The van der Waals surface area contributed by atoms with Gasteiger partial charge < -0.3 is 20.3 Å². The normalized spacial score (nSPS) is 23.7. The van der Waals surface area contributed by atoms with Gasteiger partial charge in [-0.05, 0) is 24.1 Å². The van der Waals surface area contributed by atoms with Crippen molar-refractivity contribution in [3.63, 3.8) is 0 Å². The summed E-state index contributed by atoms with van der Waals surface area (Å²) < 4.78 is 10.1. The van der Waals surface area contributed by atoms with E-state index in [1.807, 2.05) is 12.1 Å². The van der Waals surface area contributed by atoms with E-state index in [2.05, 4.69) is 0 Å². The van der Waals surface area contributed by atoms with Crippen molar-refractivity contribution in [2.24, 2.45) is 5.73 Å². The molecule has 0 bridgehead atoms. The van der Waals surface area contributed by atoms with Crippen LogP contribution in [0.4, 0.5) is 0 Å². The molecular formula is C11H15NO3. The second-order valence-corrected chi connectivity index (χ2v) is 3.78. The number of phenolic OH excluding ortho intramolecular Hbond substituents is 1. The second kappa shape index (κ2) is 3.62. The Balaban J connectivity index is 2.40. The number of hydrogen-bond donors (Lipinski definition) is 2. The molecule has 3 N–H and O–H groups in total. The number of hydrogen-bond acceptors (Lipinski definition) is 4. The highest BCUT2D eigenvalue weighted by molar-refractivity contribution is 5.54. The van der Waals surface area contributed by atoms with Gasteiger partial charge in [0.1, 0.15) is 0 Å². The highest BCUT2D eigenvalue weighted by atomic mass is 16.5. The molecule has 2 atom stereocenters. The number of rotatable bonds is 3. The zero-order valence-electron chi connectivity index (χ0n) is 8.86. The molecule has 1 aromatic rings. The summed E-state index contributed by atoms with van der Waals surface area (Å²) >= 11 is 0. The molecule has 1 aromatic carbocycles. The van der Waals surface area contributed by atoms with Crippen LogP contribution in [0.3, 0.4) is 0 Å². The van der Waals surface area contributed by atoms with E-state index < -0.39 is 0 Å². The molecule has 82 valence electrons. The van der Waals surface area contributed by atoms with E-state index in [0.29, 0.717) is 17.4 Å². The lowest BCUT2D eigenvalue weighted by Crippen LogP contribution is -2.01. The Hall–Kier alpha value is -1.42. The van der Waals surface area contributed by atoms with Crippen LogP contribution in [0.1, 0.15) is 17.9 Å². The SMILES string of the molecule is COc1cc([C@@H]2C[C@H]2N)cc(OC)c1O. The molecule has 0 saturated heterocycles. The smallest absolute Gasteiger partial charge is 0.200 e. The fourth-order valence-corrected chi connectivity index (χ4v) is 1.73. The van der Waals surface area contributed by atoms with E-state index in [4.69, 9.17) is 15.2 Å². The van der Waals surface area contributed by atoms with Gasteiger partial charge in [-0.3, -0.25) is 0 Å². The van der Waals surface area contributed by atoms with Gasteiger partial charge in [-0.25, -0.2) is 0 Å². The minimum Gasteiger partial charge on any atom is -0.502 e. The molecule has 1 fully saturated rings. The summed E-state index contributed by atoms with van der Waals surface area (Å²) in [5.74, 6) is 1.28. The summed E-state index contributed by atoms with van der Waals surface area (Å²) in [6.07, 6.45) is 0.983. The first-order valence-electron chi connectivity index (χ1n) is 4.87. The Labute approximate surface area is 88.6 Å². The van der Waals surface area contributed by atoms with Crippen molar-refractivity contribution in [2.45, 2.75) is 18.4 Å². The van der Waals surface area contributed by atoms with Gasteiger partial charge in [0, 0.05) is 12.0 Å². The topological polar surface area (TPSA) is 64.7 Å². The molecule has 4 heteroatoms. The third kappa shape index (κ3) is 1.72. The lowest BCUT2D eigenvalue weighted by molar-refractivity contribution is 0.339. The van der Waals surface area contributed by atoms with E-state index in [1.54, 1.807) is 0 Å². The zero-order valence-corrected chi connectivity index (χ0v) is 8.86. The Kier molecular flexibility index (Phi) is 2.44. The number of methoxy groups -OCH3 is 2. The predicted molar refractivity (Wildman–Crippen MR) is 56.5 cm³/mol. The molecule has 15 heavy (non-hydrogen) atoms. The van der Waals surface area contributed by atoms with E-state index >= 15 is 0 Å². The molecule has 1 saturated carbocycles. The van der Waals surface area contributed by atoms with Crippen LogP contribution >= 0.6 is 0 Å². The van der Waals surface area contributed by atoms with Gasteiger partial charge in [0.2, 0.25) is 5.75 Å². The molecule has 1 aliphatic carbocycles. The molecule has 0 heterocycles. The van der Waals surface area contributed by atoms with Crippen LogP contribution in [0.25, 0.3) is 0 Å². The van der Waals surface area contributed by atoms with Gasteiger partial charge >= 0.3 is 0 Å². The Morgan fingerprint density at radius 3 is 2.07 bits per heavy atom. The maximum absolute atomic E-state index is 9.70. The van der Waals surface area contributed by atoms with Crippen molar-refractivity contribution in [3.05, 3.63) is 17.7 Å². The van der Waals surface area contributed by atoms with E-state index in [0.717, 1.165) is 12.0 Å². The van der Waals surface area contributed by atoms with Crippen molar-refractivity contribution in [3.8, 4) is 17.2 Å². The minimum atomic E-state index is 0.0398. The lowest BCUT2D eigenvalue weighted by Gasteiger charge is -2.10. The monoisotopic (exact) mass is 209 g/mol. The fourth-order valence-electron chi connectivity index (χ4n) is 1.73. The van der Waals surface area contributed by atoms with Crippen molar-refractivity contribution in [1.29, 1.82) is 0 Å². The maximum atomic E-state index is 9.70. The summed E-state index contributed by atoms with van der Waals surface area (Å²) in [6.45, 7) is 0. The molecule has 0 aromatic heterocycles. The highest BCUT2D eigenvalue weighted by Gasteiger charge is 2.35. The number of nitrogens with two attached hydrogens (primary N) is 1. The Morgan fingerprint density at radius 1 is 1.27 bits per heavy atom. The predicted octanol–water partition coefficient (Wildman–Crippen LogP) is 1.22. The number of aromatic hydroxyl groups is 1. The summed E-state index contributed by atoms with van der Waals surface area (Å²) in [5.41, 5.74) is 6.84. The van der Waals surface area contributed by atoms with Crippen molar-refractivity contribution >= 4 is 0 Å². The van der Waals surface area contributed by atoms with Gasteiger partial charge in [0.25, 0.3) is 0 Å². The lowest BCUT2D eigenvalue weighted by atomic mass is 10.1. The first kappa shape index (κ1) is 10.1. The van der Waals surface area contributed by atoms with Crippen LogP contribution in [-0.2, 0) is 0 Å². The number of ether oxygens (including phenoxy) is 2. The van der Waals surface area contributed by atoms with Crippen molar-refractivity contribution < 1.29 is 14.6 Å². The van der Waals surface area contributed by atoms with Crippen LogP contribution in [0.5, 0.6) is 17.2 Å². The first-order valence-corrected chi connectivity index (χ1v) is 4.87. The van der Waals surface area contributed by atoms with Crippen LogP contribution in [0.15, 0.2) is 12.1 Å². The third-order valence-corrected chi connectivity index (χ3v) is 2.77. The average Bonchev–Trinajstić information content (AvgIpc) is 2.96. The standard InChI is InChI=1S/C11H15NO3/c1-14-9-3-6(7-5-8(7)12)4-10(15-2)11(9)13/h3-4,7-8,13H,5,12H2,1-2H3/t7-,8+/m0/s1. The molecule has 0 spiro atoms. The minimum absolute atomic E-state index is 0.0398. The second-order valence-electron chi connectivity index (χ2n) is 3.78. The van der Waals surface area contributed by atoms with Crippen LogP contribution < -0.4 is 15.2 Å². The molecular weight excluding hydrogens is 194 g/mol. The molecule has 4 nitrogen and oxygen atoms in total. The van der Waals surface area contributed by atoms with E-state index in [1.165, 1.54) is 14.2 Å². The van der Waals surface area contributed by atoms with Gasteiger partial charge in [0.15, 0.2) is 11.5 Å². The maximum Gasteiger partial charge on any atom is 0.200 e. The third-order valence-electron chi connectivity index (χ3n) is 2.77. The highest BCUT2D eigenvalue weighted by Crippen LogP contribution is 2.45. The largest absolute Gasteiger partial charge is 0.502 e. The van der Waals surface area contributed by atoms with Gasteiger partial charge in [-0.2, -0.15) is 0 Å². The van der Waals surface area contributed by atoms with E-state index in [-0.39, 0.29) is 11.8 Å². The van der Waals surface area contributed by atoms with Crippen LogP contribution in [0.2, 0.25) is 0 Å². The molecule has 2 rings (SSSR count). The summed E-state index contributed by atoms with van der Waals surface area (Å²) in [4.78, 5) is 0. The summed E-state index contributed by atoms with van der Waals surface area (Å²) in [7, 11) is 3.04. The van der Waals surface area contributed by atoms with Gasteiger partial charge in [-0.1, -0.05) is 0 Å². The van der Waals surface area contributed by atoms with Crippen molar-refractivity contribution in [1.82, 2.24) is 0 Å². The summed E-state index contributed by atoms with van der Waals surface area (Å²) in [5, 5.41) is 9.70. The molecule has 0 unspecified atom stereocenters. The van der Waals surface area contributed by atoms with Crippen LogP contribution in [-0.4, -0.2) is 25.4 Å². The van der Waals surface area contributed by atoms with Crippen LogP contribution in [0, 0.1) is 0 Å². The Morgan fingerprint density at radius 2 is 1.73 bits per heavy atom. The zero-order chi connectivity index (χ0) is 11.0. The molecule has 0 aliphatic heterocycles. The molecule has 0 radical (unpaired) electrons. The molecule has 0 amide bonds. The van der Waals surface area contributed by atoms with E-state index in [9.17, 15) is 5.11 Å². The van der Waals surface area contributed by atoms with Crippen molar-refractivity contribution in [2.75, 3.05) is 14.2 Å². The fraction of sp³-hybridized carbons (Fsp3) is 0.455. The number of phenols is 1. The first-order chi connectivity index (χ1) is 7.17. The quantitative estimate of drug-likeness (QED) is 0.785. The van der Waals surface area contributed by atoms with Gasteiger partial charge in [-0.15, -0.1) is 0 Å². The summed E-state index contributed by atoms with van der Waals surface area (Å²) in [6, 6.07) is 3.86. The molecule has 1 aliphatic rings.